The van der Waals surface area contributed by atoms with Gasteiger partial charge in [0.2, 0.25) is 23.5 Å². The number of hydrogen-bond acceptors (Lipinski definition) is 5. The van der Waals surface area contributed by atoms with E-state index >= 15 is 0 Å². The number of benzene rings is 12. The summed E-state index contributed by atoms with van der Waals surface area (Å²) in [5.74, 6) is 2.86. The Labute approximate surface area is 509 Å². The van der Waals surface area contributed by atoms with Crippen molar-refractivity contribution in [1.82, 2.24) is 52.0 Å². The van der Waals surface area contributed by atoms with E-state index in [-0.39, 0.29) is 0 Å². The van der Waals surface area contributed by atoms with Crippen LogP contribution < -0.4 is 20.7 Å². The van der Waals surface area contributed by atoms with Crippen molar-refractivity contribution in [2.75, 3.05) is 0 Å². The van der Waals surface area contributed by atoms with Gasteiger partial charge in [-0.3, -0.25) is 17.9 Å². The molecule has 89 heavy (non-hydrogen) atoms. The second kappa shape index (κ2) is 19.0. The summed E-state index contributed by atoms with van der Waals surface area (Å²) in [5, 5.41) is 9.38. The Hall–Kier alpha value is -12.0. The van der Waals surface area contributed by atoms with Gasteiger partial charge in [0.05, 0.1) is 55.2 Å². The van der Waals surface area contributed by atoms with Crippen LogP contribution in [-0.2, 0) is 0 Å². The lowest BCUT2D eigenvalue weighted by molar-refractivity contribution is 0.885. The number of nitrogens with zero attached hydrogens (tertiary/aromatic N) is 11. The smallest absolute Gasteiger partial charge is 0.242 e. The van der Waals surface area contributed by atoms with Crippen molar-refractivity contribution in [3.05, 3.63) is 297 Å². The Bertz CT molecular complexity index is 5940. The largest absolute Gasteiger partial charge is 0.307 e. The van der Waals surface area contributed by atoms with Crippen molar-refractivity contribution in [1.29, 1.82) is 0 Å². The second-order valence-corrected chi connectivity index (χ2v) is 26.7. The minimum Gasteiger partial charge on any atom is -0.307 e. The molecule has 0 radical (unpaired) electrons. The Morgan fingerprint density at radius 2 is 0.640 bits per heavy atom. The summed E-state index contributed by atoms with van der Waals surface area (Å²) in [6.07, 6.45) is 0. The molecule has 0 aliphatic carbocycles. The van der Waals surface area contributed by atoms with Crippen LogP contribution in [0.25, 0.3) is 134 Å². The van der Waals surface area contributed by atoms with Crippen LogP contribution in [0.4, 0.5) is 0 Å². The highest BCUT2D eigenvalue weighted by atomic mass is 28.3. The van der Waals surface area contributed by atoms with Crippen molar-refractivity contribution in [2.45, 2.75) is 0 Å². The van der Waals surface area contributed by atoms with Crippen molar-refractivity contribution < 1.29 is 0 Å². The average molecular weight is 1160 g/mol. The highest BCUT2D eigenvalue weighted by Crippen LogP contribution is 2.41. The summed E-state index contributed by atoms with van der Waals surface area (Å²) in [7, 11) is -3.02. The third-order valence-electron chi connectivity index (χ3n) is 18.2. The first kappa shape index (κ1) is 49.3. The van der Waals surface area contributed by atoms with Gasteiger partial charge in [0.25, 0.3) is 0 Å². The number of para-hydroxylation sites is 8. The van der Waals surface area contributed by atoms with E-state index in [1.165, 1.54) is 20.7 Å². The van der Waals surface area contributed by atoms with Crippen molar-refractivity contribution in [2.24, 2.45) is 0 Å². The summed E-state index contributed by atoms with van der Waals surface area (Å²) >= 11 is 0. The van der Waals surface area contributed by atoms with E-state index in [1.807, 2.05) is 0 Å². The van der Waals surface area contributed by atoms with E-state index in [4.69, 9.17) is 24.9 Å². The van der Waals surface area contributed by atoms with Gasteiger partial charge in [0.1, 0.15) is 11.0 Å². The molecule has 11 nitrogen and oxygen atoms in total. The summed E-state index contributed by atoms with van der Waals surface area (Å²) in [6.45, 7) is 0. The molecular weight excluding hydrogens is 1110 g/mol. The molecule has 0 N–H and O–H groups in total. The maximum absolute atomic E-state index is 5.79. The quantitative estimate of drug-likeness (QED) is 0.106. The first-order chi connectivity index (χ1) is 44.2. The molecule has 12 aromatic carbocycles. The number of rotatable bonds is 9. The molecule has 0 saturated heterocycles. The molecule has 12 heteroatoms. The Morgan fingerprint density at radius 1 is 0.247 bits per heavy atom. The number of aromatic nitrogens is 11. The predicted molar refractivity (Wildman–Crippen MR) is 364 cm³/mol. The lowest BCUT2D eigenvalue weighted by atomic mass is 10.1. The van der Waals surface area contributed by atoms with Gasteiger partial charge < -0.3 is 4.57 Å². The highest BCUT2D eigenvalue weighted by molar-refractivity contribution is 7.19. The Morgan fingerprint density at radius 3 is 1.17 bits per heavy atom. The molecule has 0 bridgehead atoms. The first-order valence-corrected chi connectivity index (χ1v) is 32.0. The van der Waals surface area contributed by atoms with Gasteiger partial charge >= 0.3 is 0 Å². The van der Waals surface area contributed by atoms with Crippen molar-refractivity contribution in [3.8, 4) is 34.7 Å². The van der Waals surface area contributed by atoms with Gasteiger partial charge in [0, 0.05) is 38.5 Å². The summed E-state index contributed by atoms with van der Waals surface area (Å²) in [5.41, 5.74) is 14.5. The van der Waals surface area contributed by atoms with E-state index in [0.29, 0.717) is 23.5 Å². The monoisotopic (exact) mass is 1160 g/mol. The van der Waals surface area contributed by atoms with Gasteiger partial charge in [-0.05, 0) is 106 Å². The Balaban J connectivity index is 0.936. The molecule has 0 atom stereocenters. The normalized spacial score (nSPS) is 12.3. The van der Waals surface area contributed by atoms with Crippen LogP contribution in [0.3, 0.4) is 0 Å². The van der Waals surface area contributed by atoms with Gasteiger partial charge in [-0.15, -0.1) is 0 Å². The molecule has 0 aliphatic rings. The van der Waals surface area contributed by atoms with Crippen molar-refractivity contribution >= 4 is 128 Å². The minimum atomic E-state index is -3.02. The van der Waals surface area contributed by atoms with E-state index in [0.717, 1.165) is 110 Å². The van der Waals surface area contributed by atoms with Crippen LogP contribution >= 0.6 is 0 Å². The van der Waals surface area contributed by atoms with Crippen molar-refractivity contribution in [3.63, 3.8) is 0 Å². The minimum absolute atomic E-state index is 0.420. The summed E-state index contributed by atoms with van der Waals surface area (Å²) in [6, 6.07) is 106. The zero-order valence-corrected chi connectivity index (χ0v) is 48.7. The molecule has 7 aromatic heterocycles. The molecule has 0 spiro atoms. The maximum atomic E-state index is 5.79. The molecule has 19 rings (SSSR count). The summed E-state index contributed by atoms with van der Waals surface area (Å²) < 4.78 is 13.5. The molecule has 416 valence electrons. The number of imidazole rings is 4. The van der Waals surface area contributed by atoms with Gasteiger partial charge in [-0.2, -0.15) is 15.0 Å². The SMILES string of the molecule is c1ccc(-n2c3ccccc3c3ccc4c(nc5n(-c6nc(-c7cccc([Si](c8ccccc8)(c8ccccc8)c8ccccc8)c7)nc(-n7c8ccccc8c8ccc9c(nc%10n(-c%11ccccc%11)c%11ccccc%11n9%10)c87)n6)c6ccccc6n45)c32)cc1. The van der Waals surface area contributed by atoms with Crippen LogP contribution in [-0.4, -0.2) is 60.1 Å². The molecule has 0 amide bonds. The first-order valence-electron chi connectivity index (χ1n) is 30.0. The summed E-state index contributed by atoms with van der Waals surface area (Å²) in [4.78, 5) is 28.7. The van der Waals surface area contributed by atoms with Gasteiger partial charge in [-0.1, -0.05) is 212 Å². The fraction of sp³-hybridized carbons (Fsp3) is 0. The van der Waals surface area contributed by atoms with E-state index in [2.05, 4.69) is 324 Å². The average Bonchev–Trinajstić information content (AvgIpc) is 1.61. The molecule has 0 unspecified atom stereocenters. The lowest BCUT2D eigenvalue weighted by Gasteiger charge is -2.34. The molecule has 0 fully saturated rings. The molecule has 7 heterocycles. The number of hydrogen-bond donors (Lipinski definition) is 0. The zero-order chi connectivity index (χ0) is 58.3. The molecule has 0 aliphatic heterocycles. The van der Waals surface area contributed by atoms with Crippen LogP contribution in [0.2, 0.25) is 0 Å². The number of fused-ring (bicyclic) bond motifs is 18. The highest BCUT2D eigenvalue weighted by Gasteiger charge is 2.42. The topological polar surface area (TPSA) is 93.0 Å². The predicted octanol–water partition coefficient (Wildman–Crippen LogP) is 14.6. The second-order valence-electron chi connectivity index (χ2n) is 22.9. The maximum Gasteiger partial charge on any atom is 0.242 e. The van der Waals surface area contributed by atoms with Crippen LogP contribution in [0, 0.1) is 0 Å². The third-order valence-corrected chi connectivity index (χ3v) is 23.0. The van der Waals surface area contributed by atoms with E-state index in [1.54, 1.807) is 0 Å². The molecular formula is C77H49N11Si. The fourth-order valence-corrected chi connectivity index (χ4v) is 19.3. The fourth-order valence-electron chi connectivity index (χ4n) is 14.6. The van der Waals surface area contributed by atoms with E-state index < -0.39 is 8.07 Å². The lowest BCUT2D eigenvalue weighted by Crippen LogP contribution is -2.74. The van der Waals surface area contributed by atoms with Crippen LogP contribution in [0.1, 0.15) is 0 Å². The standard InChI is InChI=1S/C77H49N11Si/c1-6-26-51(27-7-1)83-61-39-18-16-37-57(61)59-45-47-67-69(71(59)83)79-77-86(67)65-43-22-23-44-66(65)88(77)75-81-73(50-25-24-36-56(49-50)89(53-30-10-3-11-31-53,54-32-12-4-13-33-54)55-34-14-5-15-35-55)80-74(82-75)87-62-40-19-17-38-58(62)60-46-48-68-70(72(60)87)78-76-84(52-28-8-2-9-29-52)63-41-20-21-42-64(63)85(68)76/h1-49H. The third kappa shape index (κ3) is 6.99. The van der Waals surface area contributed by atoms with Crippen LogP contribution in [0.15, 0.2) is 297 Å². The molecule has 19 aromatic rings. The van der Waals surface area contributed by atoms with Gasteiger partial charge in [-0.25, -0.2) is 14.5 Å². The molecule has 0 saturated carbocycles. The van der Waals surface area contributed by atoms with Gasteiger partial charge in [0.15, 0.2) is 13.9 Å². The zero-order valence-electron chi connectivity index (χ0n) is 47.7. The Kier molecular flexibility index (Phi) is 10.5. The van der Waals surface area contributed by atoms with E-state index in [9.17, 15) is 0 Å². The van der Waals surface area contributed by atoms with Crippen LogP contribution in [0.5, 0.6) is 0 Å².